The van der Waals surface area contributed by atoms with Crippen LogP contribution < -0.4 is 0 Å². The lowest BCUT2D eigenvalue weighted by Crippen LogP contribution is -1.85. The molecule has 0 atom stereocenters. The minimum absolute atomic E-state index is 0.597. The molecule has 0 aliphatic rings. The molecule has 0 bridgehead atoms. The van der Waals surface area contributed by atoms with Crippen LogP contribution in [0.4, 0.5) is 0 Å². The maximum atomic E-state index is 9.84. The van der Waals surface area contributed by atoms with Crippen molar-refractivity contribution in [2.45, 2.75) is 45.4 Å². The number of rotatable bonds is 9. The summed E-state index contributed by atoms with van der Waals surface area (Å²) in [6, 6.07) is 0. The molecule has 0 spiro atoms. The predicted molar refractivity (Wildman–Crippen MR) is 56.4 cm³/mol. The summed E-state index contributed by atoms with van der Waals surface area (Å²) in [5.41, 5.74) is 0. The fourth-order valence-corrected chi connectivity index (χ4v) is 1.86. The number of hydrogen-bond acceptors (Lipinski definition) is 2. The lowest BCUT2D eigenvalue weighted by molar-refractivity contribution is 0.554. The minimum Gasteiger partial charge on any atom is -0.291 e. The van der Waals surface area contributed by atoms with E-state index in [-0.39, 0.29) is 0 Å². The van der Waals surface area contributed by atoms with E-state index in [1.165, 1.54) is 37.9 Å². The summed E-state index contributed by atoms with van der Waals surface area (Å²) in [4.78, 5) is 9.84. The lowest BCUT2D eigenvalue weighted by atomic mass is 10.2. The van der Waals surface area contributed by atoms with Crippen LogP contribution in [0.2, 0.25) is 0 Å². The van der Waals surface area contributed by atoms with E-state index in [1.807, 2.05) is 18.0 Å². The van der Waals surface area contributed by atoms with E-state index in [2.05, 4.69) is 6.92 Å². The van der Waals surface area contributed by atoms with E-state index in [0.717, 1.165) is 5.75 Å². The fourth-order valence-electron chi connectivity index (χ4n) is 1.02. The van der Waals surface area contributed by atoms with Crippen molar-refractivity contribution < 1.29 is 4.79 Å². The Balaban J connectivity index is 2.77. The van der Waals surface area contributed by atoms with Gasteiger partial charge in [-0.15, -0.1) is 0 Å². The standard InChI is InChI=1S/C10H19OS/c1-2-3-4-5-6-9-12-10-7-8-11/h2-7,9-10H2,1H3. The molecule has 0 N–H and O–H groups in total. The van der Waals surface area contributed by atoms with Gasteiger partial charge in [-0.2, -0.15) is 11.8 Å². The lowest BCUT2D eigenvalue weighted by Gasteiger charge is -1.98. The van der Waals surface area contributed by atoms with Gasteiger partial charge < -0.3 is 0 Å². The third kappa shape index (κ3) is 10.0. The van der Waals surface area contributed by atoms with Crippen LogP contribution in [0.5, 0.6) is 0 Å². The third-order valence-corrected chi connectivity index (χ3v) is 2.81. The molecule has 0 saturated heterocycles. The van der Waals surface area contributed by atoms with Crippen molar-refractivity contribution in [1.82, 2.24) is 0 Å². The Labute approximate surface area is 80.3 Å². The highest BCUT2D eigenvalue weighted by Crippen LogP contribution is 2.08. The summed E-state index contributed by atoms with van der Waals surface area (Å²) in [7, 11) is 0. The zero-order valence-electron chi connectivity index (χ0n) is 7.97. The Bertz CT molecular complexity index is 93.8. The Hall–Kier alpha value is 0.0200. The Morgan fingerprint density at radius 3 is 2.50 bits per heavy atom. The van der Waals surface area contributed by atoms with Crippen molar-refractivity contribution in [3.8, 4) is 0 Å². The first kappa shape index (κ1) is 12.0. The second-order valence-electron chi connectivity index (χ2n) is 2.92. The second kappa shape index (κ2) is 11.0. The molecular weight excluding hydrogens is 168 g/mol. The monoisotopic (exact) mass is 187 g/mol. The topological polar surface area (TPSA) is 17.1 Å². The summed E-state index contributed by atoms with van der Waals surface area (Å²) < 4.78 is 0. The molecule has 0 unspecified atom stereocenters. The number of carbonyl (C=O) groups excluding carboxylic acids is 1. The van der Waals surface area contributed by atoms with E-state index in [9.17, 15) is 4.79 Å². The highest BCUT2D eigenvalue weighted by Gasteiger charge is 1.90. The summed E-state index contributed by atoms with van der Waals surface area (Å²) in [6.45, 7) is 2.23. The quantitative estimate of drug-likeness (QED) is 0.516. The summed E-state index contributed by atoms with van der Waals surface area (Å²) in [6.07, 6.45) is 9.22. The van der Waals surface area contributed by atoms with Crippen LogP contribution in [0, 0.1) is 0 Å². The molecule has 0 aliphatic heterocycles. The van der Waals surface area contributed by atoms with E-state index < -0.39 is 0 Å². The molecule has 1 radical (unpaired) electrons. The van der Waals surface area contributed by atoms with Crippen molar-refractivity contribution in [2.75, 3.05) is 11.5 Å². The normalized spacial score (nSPS) is 10.1. The van der Waals surface area contributed by atoms with Crippen LogP contribution >= 0.6 is 11.8 Å². The highest BCUT2D eigenvalue weighted by atomic mass is 32.2. The maximum Gasteiger partial charge on any atom is 0.199 e. The SMILES string of the molecule is CCCCCCCSCC[C]=O. The molecule has 0 heterocycles. The molecule has 0 aliphatic carbocycles. The minimum atomic E-state index is 0.597. The number of unbranched alkanes of at least 4 members (excludes halogenated alkanes) is 4. The molecule has 0 aromatic carbocycles. The fraction of sp³-hybridized carbons (Fsp3) is 0.900. The smallest absolute Gasteiger partial charge is 0.199 e. The molecular formula is C10H19OS. The first-order valence-corrected chi connectivity index (χ1v) is 6.00. The summed E-state index contributed by atoms with van der Waals surface area (Å²) in [5.74, 6) is 2.17. The van der Waals surface area contributed by atoms with E-state index in [4.69, 9.17) is 0 Å². The van der Waals surface area contributed by atoms with Crippen LogP contribution in [0.3, 0.4) is 0 Å². The number of hydrogen-bond donors (Lipinski definition) is 0. The first-order chi connectivity index (χ1) is 5.91. The zero-order valence-corrected chi connectivity index (χ0v) is 8.79. The van der Waals surface area contributed by atoms with Crippen LogP contribution in [0.1, 0.15) is 45.4 Å². The van der Waals surface area contributed by atoms with Crippen molar-refractivity contribution in [3.63, 3.8) is 0 Å². The second-order valence-corrected chi connectivity index (χ2v) is 4.15. The van der Waals surface area contributed by atoms with Gasteiger partial charge in [-0.25, -0.2) is 0 Å². The molecule has 12 heavy (non-hydrogen) atoms. The van der Waals surface area contributed by atoms with Gasteiger partial charge in [-0.05, 0) is 12.2 Å². The third-order valence-electron chi connectivity index (χ3n) is 1.74. The molecule has 2 heteroatoms. The molecule has 1 nitrogen and oxygen atoms in total. The van der Waals surface area contributed by atoms with E-state index >= 15 is 0 Å². The number of thioether (sulfide) groups is 1. The molecule has 0 rings (SSSR count). The summed E-state index contributed by atoms with van der Waals surface area (Å²) >= 11 is 1.87. The van der Waals surface area contributed by atoms with Gasteiger partial charge in [0.15, 0.2) is 6.29 Å². The highest BCUT2D eigenvalue weighted by molar-refractivity contribution is 7.99. The van der Waals surface area contributed by atoms with Gasteiger partial charge in [0.2, 0.25) is 0 Å². The van der Waals surface area contributed by atoms with Crippen molar-refractivity contribution in [2.24, 2.45) is 0 Å². The van der Waals surface area contributed by atoms with Crippen molar-refractivity contribution in [3.05, 3.63) is 0 Å². The largest absolute Gasteiger partial charge is 0.291 e. The first-order valence-electron chi connectivity index (χ1n) is 4.84. The molecule has 0 saturated carbocycles. The van der Waals surface area contributed by atoms with Gasteiger partial charge in [-0.1, -0.05) is 32.6 Å². The zero-order chi connectivity index (χ0) is 9.07. The van der Waals surface area contributed by atoms with Crippen LogP contribution in [0.15, 0.2) is 0 Å². The summed E-state index contributed by atoms with van der Waals surface area (Å²) in [5, 5.41) is 0. The van der Waals surface area contributed by atoms with Crippen molar-refractivity contribution in [1.29, 1.82) is 0 Å². The van der Waals surface area contributed by atoms with Crippen LogP contribution in [-0.4, -0.2) is 17.8 Å². The van der Waals surface area contributed by atoms with Crippen LogP contribution in [0.25, 0.3) is 0 Å². The Kier molecular flexibility index (Phi) is 11.0. The van der Waals surface area contributed by atoms with Gasteiger partial charge in [0.25, 0.3) is 0 Å². The molecule has 0 aromatic rings. The molecule has 71 valence electrons. The van der Waals surface area contributed by atoms with Crippen LogP contribution in [-0.2, 0) is 4.79 Å². The molecule has 0 aromatic heterocycles. The van der Waals surface area contributed by atoms with Crippen molar-refractivity contribution >= 4 is 18.0 Å². The van der Waals surface area contributed by atoms with Gasteiger partial charge in [0, 0.05) is 12.2 Å². The average molecular weight is 187 g/mol. The molecule has 0 amide bonds. The maximum absolute atomic E-state index is 9.84. The average Bonchev–Trinajstić information content (AvgIpc) is 2.10. The Morgan fingerprint density at radius 1 is 1.08 bits per heavy atom. The van der Waals surface area contributed by atoms with Gasteiger partial charge in [-0.3, -0.25) is 4.79 Å². The van der Waals surface area contributed by atoms with Gasteiger partial charge in [0.1, 0.15) is 0 Å². The predicted octanol–water partition coefficient (Wildman–Crippen LogP) is 3.19. The van der Waals surface area contributed by atoms with E-state index in [0.29, 0.717) is 6.42 Å². The van der Waals surface area contributed by atoms with Gasteiger partial charge >= 0.3 is 0 Å². The Morgan fingerprint density at radius 2 is 1.83 bits per heavy atom. The van der Waals surface area contributed by atoms with Gasteiger partial charge in [0.05, 0.1) is 0 Å². The van der Waals surface area contributed by atoms with E-state index in [1.54, 1.807) is 0 Å². The molecule has 0 fully saturated rings.